The largest absolute Gasteiger partial charge is 0.248 e. The molecule has 0 unspecified atom stereocenters. The molecule has 0 N–H and O–H groups in total. The fraction of sp³-hybridized carbons (Fsp3) is 0.0741. The maximum Gasteiger partial charge on any atom is 0.0712 e. The van der Waals surface area contributed by atoms with Gasteiger partial charge in [-0.2, -0.15) is 0 Å². The minimum Gasteiger partial charge on any atom is -0.248 e. The highest BCUT2D eigenvalue weighted by Gasteiger charge is 2.08. The van der Waals surface area contributed by atoms with Crippen LogP contribution in [0.3, 0.4) is 0 Å². The minimum absolute atomic E-state index is 0.990. The molecule has 0 bridgehead atoms. The predicted molar refractivity (Wildman–Crippen MR) is 119 cm³/mol. The Morgan fingerprint density at radius 1 is 0.536 bits per heavy atom. The first-order valence-corrected chi connectivity index (χ1v) is 9.79. The third-order valence-corrected chi connectivity index (χ3v) is 5.38. The normalized spacial score (nSPS) is 11.2. The van der Waals surface area contributed by atoms with Gasteiger partial charge in [0.15, 0.2) is 0 Å². The highest BCUT2D eigenvalue weighted by Crippen LogP contribution is 2.29. The highest BCUT2D eigenvalue weighted by molar-refractivity contribution is 5.88. The van der Waals surface area contributed by atoms with Crippen molar-refractivity contribution in [3.8, 4) is 22.5 Å². The number of fused-ring (bicyclic) bond motifs is 2. The van der Waals surface area contributed by atoms with Gasteiger partial charge >= 0.3 is 0 Å². The molecular weight excluding hydrogens is 338 g/mol. The molecule has 5 aromatic rings. The zero-order valence-electron chi connectivity index (χ0n) is 15.9. The van der Waals surface area contributed by atoms with Gasteiger partial charge in [0.25, 0.3) is 0 Å². The maximum atomic E-state index is 5.04. The molecule has 1 heteroatoms. The SMILES string of the molecule is CCc1cc(-c2ccc3ccccc3c2)nc(-c2ccc3ccccc3c2)c1. The minimum atomic E-state index is 0.990. The van der Waals surface area contributed by atoms with Crippen LogP contribution in [0.5, 0.6) is 0 Å². The highest BCUT2D eigenvalue weighted by atomic mass is 14.7. The Bertz CT molecular complexity index is 1200. The molecular formula is C27H21N. The van der Waals surface area contributed by atoms with Crippen LogP contribution in [0.2, 0.25) is 0 Å². The van der Waals surface area contributed by atoms with Crippen molar-refractivity contribution in [1.82, 2.24) is 4.98 Å². The van der Waals surface area contributed by atoms with E-state index in [2.05, 4.69) is 104 Å². The molecule has 0 amide bonds. The summed E-state index contributed by atoms with van der Waals surface area (Å²) in [5.74, 6) is 0. The molecule has 0 radical (unpaired) electrons. The number of rotatable bonds is 3. The first-order valence-electron chi connectivity index (χ1n) is 9.79. The Balaban J connectivity index is 1.66. The fourth-order valence-corrected chi connectivity index (χ4v) is 3.78. The van der Waals surface area contributed by atoms with Gasteiger partial charge < -0.3 is 0 Å². The Hall–Kier alpha value is -3.45. The molecule has 28 heavy (non-hydrogen) atoms. The summed E-state index contributed by atoms with van der Waals surface area (Å²) in [6, 6.07) is 34.6. The van der Waals surface area contributed by atoms with Crippen molar-refractivity contribution in [2.75, 3.05) is 0 Å². The summed E-state index contributed by atoms with van der Waals surface area (Å²) >= 11 is 0. The molecule has 4 aromatic carbocycles. The van der Waals surface area contributed by atoms with E-state index in [4.69, 9.17) is 4.98 Å². The summed E-state index contributed by atoms with van der Waals surface area (Å²) in [6.07, 6.45) is 0.990. The molecule has 0 atom stereocenters. The standard InChI is InChI=1S/C27H21N/c1-2-19-15-26(24-13-11-20-7-3-5-9-22(20)17-24)28-27(16-19)25-14-12-21-8-4-6-10-23(21)18-25/h3-18H,2H2,1H3. The predicted octanol–water partition coefficient (Wildman–Crippen LogP) is 7.28. The summed E-state index contributed by atoms with van der Waals surface area (Å²) in [5, 5.41) is 5.01. The summed E-state index contributed by atoms with van der Waals surface area (Å²) in [7, 11) is 0. The molecule has 0 fully saturated rings. The Kier molecular flexibility index (Phi) is 4.14. The molecule has 0 aliphatic rings. The van der Waals surface area contributed by atoms with E-state index < -0.39 is 0 Å². The van der Waals surface area contributed by atoms with Gasteiger partial charge in [-0.1, -0.05) is 79.7 Å². The second kappa shape index (κ2) is 6.94. The number of aromatic nitrogens is 1. The summed E-state index contributed by atoms with van der Waals surface area (Å²) in [4.78, 5) is 5.04. The third-order valence-electron chi connectivity index (χ3n) is 5.38. The molecule has 0 aliphatic heterocycles. The van der Waals surface area contributed by atoms with Crippen molar-refractivity contribution in [3.05, 3.63) is 103 Å². The molecule has 0 aliphatic carbocycles. The van der Waals surface area contributed by atoms with Gasteiger partial charge in [-0.15, -0.1) is 0 Å². The van der Waals surface area contributed by atoms with Crippen molar-refractivity contribution < 1.29 is 0 Å². The van der Waals surface area contributed by atoms with Crippen molar-refractivity contribution in [3.63, 3.8) is 0 Å². The molecule has 134 valence electrons. The van der Waals surface area contributed by atoms with Crippen LogP contribution in [-0.4, -0.2) is 4.98 Å². The molecule has 5 rings (SSSR count). The fourth-order valence-electron chi connectivity index (χ4n) is 3.78. The van der Waals surface area contributed by atoms with Gasteiger partial charge in [0.2, 0.25) is 0 Å². The van der Waals surface area contributed by atoms with E-state index in [-0.39, 0.29) is 0 Å². The van der Waals surface area contributed by atoms with Crippen LogP contribution in [0.25, 0.3) is 44.1 Å². The Morgan fingerprint density at radius 2 is 1.00 bits per heavy atom. The lowest BCUT2D eigenvalue weighted by Gasteiger charge is -2.10. The van der Waals surface area contributed by atoms with Crippen LogP contribution in [0, 0.1) is 0 Å². The lowest BCUT2D eigenvalue weighted by molar-refractivity contribution is 1.12. The lowest BCUT2D eigenvalue weighted by atomic mass is 10.00. The number of nitrogens with zero attached hydrogens (tertiary/aromatic N) is 1. The lowest BCUT2D eigenvalue weighted by Crippen LogP contribution is -1.93. The second-order valence-electron chi connectivity index (χ2n) is 7.22. The molecule has 1 aromatic heterocycles. The first kappa shape index (κ1) is 16.7. The second-order valence-corrected chi connectivity index (χ2v) is 7.22. The number of hydrogen-bond acceptors (Lipinski definition) is 1. The van der Waals surface area contributed by atoms with Crippen LogP contribution >= 0.6 is 0 Å². The molecule has 0 saturated carbocycles. The number of pyridine rings is 1. The van der Waals surface area contributed by atoms with Gasteiger partial charge in [0.05, 0.1) is 11.4 Å². The molecule has 1 nitrogen and oxygen atoms in total. The molecule has 0 spiro atoms. The van der Waals surface area contributed by atoms with Crippen LogP contribution < -0.4 is 0 Å². The Labute approximate surface area is 165 Å². The van der Waals surface area contributed by atoms with Gasteiger partial charge in [-0.05, 0) is 57.8 Å². The summed E-state index contributed by atoms with van der Waals surface area (Å²) in [6.45, 7) is 2.20. The Morgan fingerprint density at radius 3 is 1.46 bits per heavy atom. The van der Waals surface area contributed by atoms with Gasteiger partial charge in [-0.25, -0.2) is 4.98 Å². The summed E-state index contributed by atoms with van der Waals surface area (Å²) < 4.78 is 0. The molecule has 0 saturated heterocycles. The van der Waals surface area contributed by atoms with E-state index in [1.807, 2.05) is 0 Å². The average molecular weight is 359 g/mol. The van der Waals surface area contributed by atoms with Crippen molar-refractivity contribution in [2.24, 2.45) is 0 Å². The van der Waals surface area contributed by atoms with Crippen molar-refractivity contribution >= 4 is 21.5 Å². The quantitative estimate of drug-likeness (QED) is 0.330. The van der Waals surface area contributed by atoms with Gasteiger partial charge in [0.1, 0.15) is 0 Å². The monoisotopic (exact) mass is 359 g/mol. The topological polar surface area (TPSA) is 12.9 Å². The molecule has 1 heterocycles. The van der Waals surface area contributed by atoms with E-state index in [0.717, 1.165) is 28.9 Å². The van der Waals surface area contributed by atoms with Crippen molar-refractivity contribution in [2.45, 2.75) is 13.3 Å². The van der Waals surface area contributed by atoms with Crippen LogP contribution in [0.1, 0.15) is 12.5 Å². The zero-order chi connectivity index (χ0) is 18.9. The average Bonchev–Trinajstić information content (AvgIpc) is 2.78. The smallest absolute Gasteiger partial charge is 0.0712 e. The van der Waals surface area contributed by atoms with E-state index in [1.165, 1.54) is 27.1 Å². The first-order chi connectivity index (χ1) is 13.8. The van der Waals surface area contributed by atoms with Gasteiger partial charge in [0, 0.05) is 11.1 Å². The number of hydrogen-bond donors (Lipinski definition) is 0. The van der Waals surface area contributed by atoms with E-state index in [0.29, 0.717) is 0 Å². The van der Waals surface area contributed by atoms with Crippen LogP contribution in [-0.2, 0) is 6.42 Å². The zero-order valence-corrected chi connectivity index (χ0v) is 15.9. The van der Waals surface area contributed by atoms with E-state index in [9.17, 15) is 0 Å². The van der Waals surface area contributed by atoms with E-state index >= 15 is 0 Å². The van der Waals surface area contributed by atoms with Crippen LogP contribution in [0.4, 0.5) is 0 Å². The van der Waals surface area contributed by atoms with Crippen LogP contribution in [0.15, 0.2) is 97.1 Å². The third kappa shape index (κ3) is 3.05. The van der Waals surface area contributed by atoms with Gasteiger partial charge in [-0.3, -0.25) is 0 Å². The number of aryl methyl sites for hydroxylation is 1. The summed E-state index contributed by atoms with van der Waals surface area (Å²) in [5.41, 5.74) is 5.70. The maximum absolute atomic E-state index is 5.04. The van der Waals surface area contributed by atoms with E-state index in [1.54, 1.807) is 0 Å². The number of benzene rings is 4. The van der Waals surface area contributed by atoms with Crippen molar-refractivity contribution in [1.29, 1.82) is 0 Å².